The van der Waals surface area contributed by atoms with Gasteiger partial charge >= 0.3 is 5.97 Å². The second-order valence-electron chi connectivity index (χ2n) is 3.59. The minimum absolute atomic E-state index is 0.0482. The monoisotopic (exact) mass is 301 g/mol. The van der Waals surface area contributed by atoms with E-state index in [4.69, 9.17) is 16.7 Å². The van der Waals surface area contributed by atoms with Gasteiger partial charge in [-0.05, 0) is 24.3 Å². The van der Waals surface area contributed by atoms with Crippen molar-refractivity contribution in [1.29, 1.82) is 0 Å². The molecule has 0 radical (unpaired) electrons. The first kappa shape index (κ1) is 15.5. The molecule has 1 aromatic carbocycles. The van der Waals surface area contributed by atoms with E-state index in [1.807, 2.05) is 0 Å². The Kier molecular flexibility index (Phi) is 6.38. The van der Waals surface area contributed by atoms with Gasteiger partial charge in [-0.25, -0.2) is 0 Å². The van der Waals surface area contributed by atoms with Crippen molar-refractivity contribution in [3.05, 3.63) is 34.9 Å². The maximum Gasteiger partial charge on any atom is 0.322 e. The molecule has 0 aromatic heterocycles. The van der Waals surface area contributed by atoms with Crippen LogP contribution in [0, 0.1) is 0 Å². The summed E-state index contributed by atoms with van der Waals surface area (Å²) in [5, 5.41) is 11.1. The van der Waals surface area contributed by atoms with Crippen LogP contribution >= 0.6 is 23.4 Å². The van der Waals surface area contributed by atoms with E-state index in [2.05, 4.69) is 5.32 Å². The molecule has 0 aliphatic heterocycles. The Hall–Kier alpha value is -1.53. The average molecular weight is 302 g/mol. The van der Waals surface area contributed by atoms with E-state index in [-0.39, 0.29) is 17.3 Å². The normalized spacial score (nSPS) is 9.95. The van der Waals surface area contributed by atoms with Crippen molar-refractivity contribution in [2.45, 2.75) is 0 Å². The third-order valence-corrected chi connectivity index (χ3v) is 3.25. The predicted octanol–water partition coefficient (Wildman–Crippen LogP) is 1.46. The van der Waals surface area contributed by atoms with Gasteiger partial charge in [-0.3, -0.25) is 14.4 Å². The van der Waals surface area contributed by atoms with E-state index in [1.54, 1.807) is 24.3 Å². The van der Waals surface area contributed by atoms with E-state index in [1.165, 1.54) is 0 Å². The molecule has 0 heterocycles. The molecule has 0 saturated heterocycles. The van der Waals surface area contributed by atoms with Crippen molar-refractivity contribution in [3.8, 4) is 0 Å². The molecule has 5 nitrogen and oxygen atoms in total. The molecule has 1 aromatic rings. The summed E-state index contributed by atoms with van der Waals surface area (Å²) in [6, 6.07) is 6.49. The number of benzene rings is 1. The fraction of sp³-hybridized carbons (Fsp3) is 0.250. The Morgan fingerprint density at radius 3 is 2.37 bits per heavy atom. The number of Topliss-reactive ketones (excluding diaryl/α,β-unsaturated/α-hetero) is 1. The van der Waals surface area contributed by atoms with Gasteiger partial charge in [0.1, 0.15) is 6.54 Å². The Morgan fingerprint density at radius 2 is 1.79 bits per heavy atom. The predicted molar refractivity (Wildman–Crippen MR) is 73.8 cm³/mol. The molecule has 19 heavy (non-hydrogen) atoms. The van der Waals surface area contributed by atoms with Crippen molar-refractivity contribution in [1.82, 2.24) is 5.32 Å². The van der Waals surface area contributed by atoms with Gasteiger partial charge in [0.25, 0.3) is 0 Å². The summed E-state index contributed by atoms with van der Waals surface area (Å²) in [7, 11) is 0. The highest BCUT2D eigenvalue weighted by molar-refractivity contribution is 8.00. The number of hydrogen-bond donors (Lipinski definition) is 2. The van der Waals surface area contributed by atoms with Crippen LogP contribution in [-0.2, 0) is 9.59 Å². The van der Waals surface area contributed by atoms with Gasteiger partial charge in [0.15, 0.2) is 5.78 Å². The quantitative estimate of drug-likeness (QED) is 0.745. The lowest BCUT2D eigenvalue weighted by atomic mass is 10.1. The second kappa shape index (κ2) is 7.81. The zero-order chi connectivity index (χ0) is 14.3. The number of aliphatic carboxylic acids is 1. The van der Waals surface area contributed by atoms with E-state index in [0.29, 0.717) is 10.6 Å². The maximum atomic E-state index is 11.7. The SMILES string of the molecule is O=C(O)CNC(=O)CSCC(=O)c1ccc(Cl)cc1. The van der Waals surface area contributed by atoms with Crippen molar-refractivity contribution >= 4 is 41.0 Å². The van der Waals surface area contributed by atoms with Crippen LogP contribution < -0.4 is 5.32 Å². The first-order valence-electron chi connectivity index (χ1n) is 5.34. The molecule has 0 fully saturated rings. The summed E-state index contributed by atoms with van der Waals surface area (Å²) in [5.74, 6) is -1.41. The van der Waals surface area contributed by atoms with Crippen LogP contribution in [0.15, 0.2) is 24.3 Å². The number of thioether (sulfide) groups is 1. The summed E-state index contributed by atoms with van der Waals surface area (Å²) in [4.78, 5) is 33.1. The van der Waals surface area contributed by atoms with Crippen LogP contribution in [0.25, 0.3) is 0 Å². The Bertz CT molecular complexity index is 475. The fourth-order valence-electron chi connectivity index (χ4n) is 1.18. The van der Waals surface area contributed by atoms with Gasteiger partial charge < -0.3 is 10.4 Å². The lowest BCUT2D eigenvalue weighted by Gasteiger charge is -2.03. The van der Waals surface area contributed by atoms with Crippen LogP contribution in [0.5, 0.6) is 0 Å². The molecule has 102 valence electrons. The number of carboxylic acids is 1. The number of nitrogens with one attached hydrogen (secondary N) is 1. The standard InChI is InChI=1S/C12H12ClNO4S/c13-9-3-1-8(2-4-9)10(15)6-19-7-11(16)14-5-12(17)18/h1-4H,5-7H2,(H,14,16)(H,17,18). The largest absolute Gasteiger partial charge is 0.480 e. The number of rotatable bonds is 7. The first-order valence-corrected chi connectivity index (χ1v) is 6.87. The molecule has 1 rings (SSSR count). The third-order valence-electron chi connectivity index (χ3n) is 2.07. The first-order chi connectivity index (χ1) is 8.99. The van der Waals surface area contributed by atoms with E-state index >= 15 is 0 Å². The summed E-state index contributed by atoms with van der Waals surface area (Å²) in [6.07, 6.45) is 0. The van der Waals surface area contributed by atoms with Gasteiger partial charge in [-0.2, -0.15) is 0 Å². The van der Waals surface area contributed by atoms with Crippen LogP contribution in [0.2, 0.25) is 5.02 Å². The third kappa shape index (κ3) is 6.26. The minimum atomic E-state index is -1.10. The van der Waals surface area contributed by atoms with Crippen LogP contribution in [0.4, 0.5) is 0 Å². The Labute approximate surface area is 119 Å². The summed E-state index contributed by atoms with van der Waals surface area (Å²) in [6.45, 7) is -0.412. The van der Waals surface area contributed by atoms with Crippen molar-refractivity contribution in [2.24, 2.45) is 0 Å². The van der Waals surface area contributed by atoms with Gasteiger partial charge in [-0.1, -0.05) is 11.6 Å². The molecule has 2 N–H and O–H groups in total. The summed E-state index contributed by atoms with van der Waals surface area (Å²) >= 11 is 6.84. The lowest BCUT2D eigenvalue weighted by molar-refractivity contribution is -0.137. The highest BCUT2D eigenvalue weighted by Gasteiger charge is 2.08. The zero-order valence-corrected chi connectivity index (χ0v) is 11.5. The maximum absolute atomic E-state index is 11.7. The van der Waals surface area contributed by atoms with E-state index in [9.17, 15) is 14.4 Å². The van der Waals surface area contributed by atoms with Crippen LogP contribution in [0.3, 0.4) is 0 Å². The number of hydrogen-bond acceptors (Lipinski definition) is 4. The van der Waals surface area contributed by atoms with E-state index < -0.39 is 18.4 Å². The molecular formula is C12H12ClNO4S. The fourth-order valence-corrected chi connectivity index (χ4v) is 2.05. The minimum Gasteiger partial charge on any atom is -0.480 e. The molecule has 0 atom stereocenters. The molecule has 0 saturated carbocycles. The van der Waals surface area contributed by atoms with Gasteiger partial charge in [0, 0.05) is 10.6 Å². The second-order valence-corrected chi connectivity index (χ2v) is 5.02. The molecule has 0 bridgehead atoms. The molecule has 7 heteroatoms. The molecule has 0 spiro atoms. The number of carboxylic acid groups (broad SMARTS) is 1. The molecule has 0 unspecified atom stereocenters. The van der Waals surface area contributed by atoms with Crippen LogP contribution in [-0.4, -0.2) is 40.8 Å². The van der Waals surface area contributed by atoms with E-state index in [0.717, 1.165) is 11.8 Å². The summed E-state index contributed by atoms with van der Waals surface area (Å²) < 4.78 is 0. The highest BCUT2D eigenvalue weighted by atomic mass is 35.5. The molecular weight excluding hydrogens is 290 g/mol. The van der Waals surface area contributed by atoms with Gasteiger partial charge in [-0.15, -0.1) is 11.8 Å². The smallest absolute Gasteiger partial charge is 0.322 e. The average Bonchev–Trinajstić information content (AvgIpc) is 2.37. The van der Waals surface area contributed by atoms with Crippen molar-refractivity contribution in [3.63, 3.8) is 0 Å². The number of amides is 1. The van der Waals surface area contributed by atoms with Crippen molar-refractivity contribution < 1.29 is 19.5 Å². The topological polar surface area (TPSA) is 83.5 Å². The van der Waals surface area contributed by atoms with Gasteiger partial charge in [0.05, 0.1) is 11.5 Å². The molecule has 0 aliphatic rings. The summed E-state index contributed by atoms with van der Waals surface area (Å²) in [5.41, 5.74) is 0.530. The highest BCUT2D eigenvalue weighted by Crippen LogP contribution is 2.12. The van der Waals surface area contributed by atoms with Crippen LogP contribution in [0.1, 0.15) is 10.4 Å². The number of carbonyl (C=O) groups excluding carboxylic acids is 2. The molecule has 0 aliphatic carbocycles. The number of ketones is 1. The Balaban J connectivity index is 2.29. The number of carbonyl (C=O) groups is 3. The van der Waals surface area contributed by atoms with Gasteiger partial charge in [0.2, 0.25) is 5.91 Å². The van der Waals surface area contributed by atoms with Crippen molar-refractivity contribution in [2.75, 3.05) is 18.1 Å². The molecule has 1 amide bonds. The zero-order valence-electron chi connectivity index (χ0n) is 9.89. The lowest BCUT2D eigenvalue weighted by Crippen LogP contribution is -2.30. The number of halogens is 1. The Morgan fingerprint density at radius 1 is 1.16 bits per heavy atom.